The molecule has 1 aliphatic carbocycles. The predicted molar refractivity (Wildman–Crippen MR) is 60.7 cm³/mol. The second kappa shape index (κ2) is 4.74. The normalized spacial score (nSPS) is 27.5. The van der Waals surface area contributed by atoms with E-state index in [0.29, 0.717) is 12.8 Å². The number of nitriles is 1. The lowest BCUT2D eigenvalue weighted by atomic mass is 9.69. The molecule has 1 unspecified atom stereocenters. The maximum absolute atomic E-state index is 11.9. The van der Waals surface area contributed by atoms with E-state index in [4.69, 9.17) is 5.26 Å². The standard InChI is InChI=1S/C12H17N3O2/c13-7-10(14-8-16)6-9-2-5-12(3-1-4-12)15-11(9)17/h8-10H,1-6H2,(H,14,16)(H,15,17)/t9-,10?/m0/s1. The Kier molecular flexibility index (Phi) is 3.32. The summed E-state index contributed by atoms with van der Waals surface area (Å²) >= 11 is 0. The monoisotopic (exact) mass is 235 g/mol. The molecule has 1 aliphatic heterocycles. The molecular formula is C12H17N3O2. The Morgan fingerprint density at radius 2 is 2.35 bits per heavy atom. The summed E-state index contributed by atoms with van der Waals surface area (Å²) in [5, 5.41) is 14.3. The molecule has 0 aromatic carbocycles. The minimum absolute atomic E-state index is 0.0453. The number of nitrogens with zero attached hydrogens (tertiary/aromatic N) is 1. The number of amides is 2. The minimum atomic E-state index is -0.557. The van der Waals surface area contributed by atoms with Crippen molar-refractivity contribution < 1.29 is 9.59 Å². The fourth-order valence-electron chi connectivity index (χ4n) is 2.74. The zero-order valence-electron chi connectivity index (χ0n) is 9.74. The molecule has 0 bridgehead atoms. The van der Waals surface area contributed by atoms with Crippen LogP contribution in [0.3, 0.4) is 0 Å². The van der Waals surface area contributed by atoms with E-state index in [-0.39, 0.29) is 17.4 Å². The zero-order valence-corrected chi connectivity index (χ0v) is 9.74. The van der Waals surface area contributed by atoms with Crippen LogP contribution in [0.4, 0.5) is 0 Å². The van der Waals surface area contributed by atoms with Crippen molar-refractivity contribution in [1.82, 2.24) is 10.6 Å². The van der Waals surface area contributed by atoms with Gasteiger partial charge in [-0.1, -0.05) is 0 Å². The van der Waals surface area contributed by atoms with Crippen molar-refractivity contribution in [1.29, 1.82) is 5.26 Å². The molecule has 1 heterocycles. The van der Waals surface area contributed by atoms with Crippen molar-refractivity contribution in [2.24, 2.45) is 5.92 Å². The van der Waals surface area contributed by atoms with Crippen LogP contribution in [-0.2, 0) is 9.59 Å². The molecule has 2 amide bonds. The van der Waals surface area contributed by atoms with Crippen molar-refractivity contribution >= 4 is 12.3 Å². The summed E-state index contributed by atoms with van der Waals surface area (Å²) in [6, 6.07) is 1.44. The molecule has 2 atom stereocenters. The first-order chi connectivity index (χ1) is 8.19. The first-order valence-corrected chi connectivity index (χ1v) is 6.10. The highest BCUT2D eigenvalue weighted by atomic mass is 16.2. The molecule has 2 rings (SSSR count). The molecule has 92 valence electrons. The fraction of sp³-hybridized carbons (Fsp3) is 0.750. The lowest BCUT2D eigenvalue weighted by Gasteiger charge is -2.47. The summed E-state index contributed by atoms with van der Waals surface area (Å²) in [5.74, 6) is -0.0952. The van der Waals surface area contributed by atoms with Gasteiger partial charge in [-0.15, -0.1) is 0 Å². The van der Waals surface area contributed by atoms with Crippen LogP contribution in [0.15, 0.2) is 0 Å². The van der Waals surface area contributed by atoms with E-state index in [2.05, 4.69) is 10.6 Å². The zero-order chi connectivity index (χ0) is 12.3. The molecule has 1 spiro atoms. The van der Waals surface area contributed by atoms with Gasteiger partial charge >= 0.3 is 0 Å². The highest BCUT2D eigenvalue weighted by Gasteiger charge is 2.43. The molecule has 0 aromatic rings. The van der Waals surface area contributed by atoms with Gasteiger partial charge in [0.2, 0.25) is 12.3 Å². The van der Waals surface area contributed by atoms with Gasteiger partial charge < -0.3 is 10.6 Å². The average Bonchev–Trinajstić information content (AvgIpc) is 2.28. The highest BCUT2D eigenvalue weighted by molar-refractivity contribution is 5.80. The topological polar surface area (TPSA) is 82.0 Å². The quantitative estimate of drug-likeness (QED) is 0.695. The van der Waals surface area contributed by atoms with Crippen LogP contribution in [0.5, 0.6) is 0 Å². The molecule has 2 N–H and O–H groups in total. The molecular weight excluding hydrogens is 218 g/mol. The van der Waals surface area contributed by atoms with Crippen LogP contribution >= 0.6 is 0 Å². The van der Waals surface area contributed by atoms with E-state index in [1.165, 1.54) is 6.42 Å². The summed E-state index contributed by atoms with van der Waals surface area (Å²) in [5.41, 5.74) is 0.0633. The molecule has 5 heteroatoms. The Labute approximate surface area is 101 Å². The van der Waals surface area contributed by atoms with Gasteiger partial charge in [-0.25, -0.2) is 0 Å². The minimum Gasteiger partial charge on any atom is -0.350 e. The second-order valence-electron chi connectivity index (χ2n) is 5.06. The highest BCUT2D eigenvalue weighted by Crippen LogP contribution is 2.40. The van der Waals surface area contributed by atoms with Crippen molar-refractivity contribution in [2.75, 3.05) is 0 Å². The average molecular weight is 235 g/mol. The Bertz CT molecular complexity index is 357. The first kappa shape index (κ1) is 11.9. The van der Waals surface area contributed by atoms with E-state index < -0.39 is 6.04 Å². The Morgan fingerprint density at radius 3 is 2.82 bits per heavy atom. The molecule has 17 heavy (non-hydrogen) atoms. The molecule has 0 radical (unpaired) electrons. The SMILES string of the molecule is N#CC(C[C@@H]1CCC2(CCC2)NC1=O)NC=O. The van der Waals surface area contributed by atoms with Gasteiger partial charge in [0.05, 0.1) is 6.07 Å². The van der Waals surface area contributed by atoms with Crippen LogP contribution in [0.2, 0.25) is 0 Å². The van der Waals surface area contributed by atoms with E-state index in [0.717, 1.165) is 25.7 Å². The van der Waals surface area contributed by atoms with Gasteiger partial charge in [0.25, 0.3) is 0 Å². The first-order valence-electron chi connectivity index (χ1n) is 6.10. The second-order valence-corrected chi connectivity index (χ2v) is 5.06. The molecule has 1 saturated carbocycles. The predicted octanol–water partition coefficient (Wildman–Crippen LogP) is 0.464. The maximum atomic E-state index is 11.9. The van der Waals surface area contributed by atoms with E-state index in [1.54, 1.807) is 0 Å². The van der Waals surface area contributed by atoms with E-state index in [1.807, 2.05) is 6.07 Å². The van der Waals surface area contributed by atoms with Crippen LogP contribution in [0.1, 0.15) is 38.5 Å². The van der Waals surface area contributed by atoms with E-state index in [9.17, 15) is 9.59 Å². The maximum Gasteiger partial charge on any atom is 0.223 e. The molecule has 2 fully saturated rings. The summed E-state index contributed by atoms with van der Waals surface area (Å²) in [4.78, 5) is 22.2. The van der Waals surface area contributed by atoms with Gasteiger partial charge in [-0.3, -0.25) is 9.59 Å². The Balaban J connectivity index is 1.88. The van der Waals surface area contributed by atoms with E-state index >= 15 is 0 Å². The lowest BCUT2D eigenvalue weighted by molar-refractivity contribution is -0.132. The largest absolute Gasteiger partial charge is 0.350 e. The van der Waals surface area contributed by atoms with Crippen molar-refractivity contribution in [3.05, 3.63) is 0 Å². The van der Waals surface area contributed by atoms with Crippen molar-refractivity contribution in [3.63, 3.8) is 0 Å². The summed E-state index contributed by atoms with van der Waals surface area (Å²) in [7, 11) is 0. The molecule has 5 nitrogen and oxygen atoms in total. The van der Waals surface area contributed by atoms with Gasteiger partial charge in [0.1, 0.15) is 6.04 Å². The van der Waals surface area contributed by atoms with Gasteiger partial charge in [0.15, 0.2) is 0 Å². The van der Waals surface area contributed by atoms with Gasteiger partial charge in [-0.2, -0.15) is 5.26 Å². The van der Waals surface area contributed by atoms with Crippen LogP contribution < -0.4 is 10.6 Å². The number of piperidine rings is 1. The molecule has 2 aliphatic rings. The Morgan fingerprint density at radius 1 is 1.59 bits per heavy atom. The summed E-state index contributed by atoms with van der Waals surface area (Å²) in [6.07, 6.45) is 6.12. The third kappa shape index (κ3) is 2.41. The number of nitrogens with one attached hydrogen (secondary N) is 2. The van der Waals surface area contributed by atoms with Crippen molar-refractivity contribution in [2.45, 2.75) is 50.1 Å². The van der Waals surface area contributed by atoms with Crippen LogP contribution in [-0.4, -0.2) is 23.9 Å². The van der Waals surface area contributed by atoms with Crippen LogP contribution in [0.25, 0.3) is 0 Å². The van der Waals surface area contributed by atoms with Gasteiger partial charge in [-0.05, 0) is 38.5 Å². The van der Waals surface area contributed by atoms with Crippen LogP contribution in [0, 0.1) is 17.2 Å². The summed E-state index contributed by atoms with van der Waals surface area (Å²) < 4.78 is 0. The number of carbonyl (C=O) groups is 2. The molecule has 0 aromatic heterocycles. The van der Waals surface area contributed by atoms with Gasteiger partial charge in [0, 0.05) is 11.5 Å². The number of hydrogen-bond donors (Lipinski definition) is 2. The molecule has 1 saturated heterocycles. The number of carbonyl (C=O) groups excluding carboxylic acids is 2. The Hall–Kier alpha value is -1.57. The summed E-state index contributed by atoms with van der Waals surface area (Å²) in [6.45, 7) is 0. The number of hydrogen-bond acceptors (Lipinski definition) is 3. The fourth-order valence-corrected chi connectivity index (χ4v) is 2.74. The number of rotatable bonds is 4. The third-order valence-electron chi connectivity index (χ3n) is 3.99. The smallest absolute Gasteiger partial charge is 0.223 e. The van der Waals surface area contributed by atoms with Crippen molar-refractivity contribution in [3.8, 4) is 6.07 Å². The third-order valence-corrected chi connectivity index (χ3v) is 3.99. The lowest BCUT2D eigenvalue weighted by Crippen LogP contribution is -2.58.